The quantitative estimate of drug-likeness (QED) is 0.590. The van der Waals surface area contributed by atoms with Crippen molar-refractivity contribution >= 4 is 17.8 Å². The number of allylic oxidation sites excluding steroid dienone is 1. The smallest absolute Gasteiger partial charge is 0.247 e. The van der Waals surface area contributed by atoms with Gasteiger partial charge in [-0.2, -0.15) is 5.26 Å². The average molecular weight is 328 g/mol. The molecule has 0 spiro atoms. The third-order valence-corrected chi connectivity index (χ3v) is 3.94. The Kier molecular flexibility index (Phi) is 5.96. The number of hydrogen-bond acceptors (Lipinski definition) is 5. The van der Waals surface area contributed by atoms with Crippen LogP contribution in [-0.2, 0) is 9.59 Å². The monoisotopic (exact) mass is 328 g/mol. The van der Waals surface area contributed by atoms with Gasteiger partial charge in [0.15, 0.2) is 23.2 Å². The Balaban J connectivity index is 2.17. The summed E-state index contributed by atoms with van der Waals surface area (Å²) >= 11 is 0. The topological polar surface area (TPSA) is 79.6 Å². The number of benzene rings is 1. The minimum absolute atomic E-state index is 0.415. The summed E-state index contributed by atoms with van der Waals surface area (Å²) in [6, 6.07) is 7.09. The van der Waals surface area contributed by atoms with Crippen LogP contribution in [0.15, 0.2) is 24.3 Å². The number of methoxy groups -OCH3 is 2. The fourth-order valence-corrected chi connectivity index (χ4v) is 2.67. The van der Waals surface area contributed by atoms with Crippen molar-refractivity contribution in [3.63, 3.8) is 0 Å². The number of nitriles is 1. The van der Waals surface area contributed by atoms with Crippen molar-refractivity contribution in [2.45, 2.75) is 12.8 Å². The number of ketones is 1. The fourth-order valence-electron chi connectivity index (χ4n) is 2.67. The maximum absolute atomic E-state index is 12.3. The Labute approximate surface area is 141 Å². The molecule has 1 aromatic carbocycles. The number of rotatable bonds is 6. The van der Waals surface area contributed by atoms with Crippen LogP contribution in [0.1, 0.15) is 18.4 Å². The molecular weight excluding hydrogens is 308 g/mol. The Morgan fingerprint density at radius 3 is 2.54 bits per heavy atom. The molecule has 0 aliphatic carbocycles. The first-order valence-electron chi connectivity index (χ1n) is 7.73. The van der Waals surface area contributed by atoms with E-state index in [1.807, 2.05) is 6.07 Å². The molecule has 1 atom stereocenters. The molecule has 0 unspecified atom stereocenters. The second-order valence-corrected chi connectivity index (χ2v) is 5.41. The minimum Gasteiger partial charge on any atom is -0.493 e. The van der Waals surface area contributed by atoms with E-state index in [4.69, 9.17) is 9.47 Å². The number of carbonyl (C=O) groups is 2. The molecule has 1 aliphatic rings. The summed E-state index contributed by atoms with van der Waals surface area (Å²) in [6.45, 7) is 1.22. The normalized spacial score (nSPS) is 15.1. The first kappa shape index (κ1) is 17.5. The molecule has 1 heterocycles. The Bertz CT molecular complexity index is 685. The van der Waals surface area contributed by atoms with Crippen molar-refractivity contribution in [2.24, 2.45) is 5.92 Å². The van der Waals surface area contributed by atoms with Crippen LogP contribution in [0.2, 0.25) is 0 Å². The predicted molar refractivity (Wildman–Crippen MR) is 88.5 cm³/mol. The van der Waals surface area contributed by atoms with E-state index in [0.717, 1.165) is 12.8 Å². The first-order chi connectivity index (χ1) is 11.6. The van der Waals surface area contributed by atoms with Gasteiger partial charge in [0.1, 0.15) is 0 Å². The molecule has 1 amide bonds. The van der Waals surface area contributed by atoms with Crippen LogP contribution in [0.5, 0.6) is 11.5 Å². The van der Waals surface area contributed by atoms with Gasteiger partial charge in [-0.1, -0.05) is 12.1 Å². The Hall–Kier alpha value is -2.81. The number of ether oxygens (including phenoxy) is 2. The van der Waals surface area contributed by atoms with Crippen LogP contribution >= 0.6 is 0 Å². The highest BCUT2D eigenvalue weighted by atomic mass is 16.5. The van der Waals surface area contributed by atoms with E-state index in [1.165, 1.54) is 26.4 Å². The van der Waals surface area contributed by atoms with Gasteiger partial charge in [0.2, 0.25) is 5.91 Å². The van der Waals surface area contributed by atoms with E-state index in [9.17, 15) is 14.9 Å². The van der Waals surface area contributed by atoms with Gasteiger partial charge in [0.25, 0.3) is 0 Å². The van der Waals surface area contributed by atoms with Crippen LogP contribution < -0.4 is 9.47 Å². The SMILES string of the molecule is COc1cccc(/C=C/C(=O)[C@H](C#N)C(=O)N2CCCC2)c1OC. The number of hydrogen-bond donors (Lipinski definition) is 0. The molecule has 0 N–H and O–H groups in total. The van der Waals surface area contributed by atoms with E-state index < -0.39 is 17.6 Å². The molecule has 1 aromatic rings. The zero-order valence-electron chi connectivity index (χ0n) is 13.8. The fraction of sp³-hybridized carbons (Fsp3) is 0.389. The summed E-state index contributed by atoms with van der Waals surface area (Å²) in [4.78, 5) is 26.1. The zero-order valence-corrected chi connectivity index (χ0v) is 13.8. The number of carbonyl (C=O) groups excluding carboxylic acids is 2. The maximum atomic E-state index is 12.3. The minimum atomic E-state index is -1.30. The highest BCUT2D eigenvalue weighted by Gasteiger charge is 2.30. The van der Waals surface area contributed by atoms with Crippen molar-refractivity contribution < 1.29 is 19.1 Å². The van der Waals surface area contributed by atoms with E-state index in [0.29, 0.717) is 30.2 Å². The van der Waals surface area contributed by atoms with Crippen molar-refractivity contribution in [1.82, 2.24) is 4.90 Å². The standard InChI is InChI=1S/C18H20N2O4/c1-23-16-7-5-6-13(17(16)24-2)8-9-15(21)14(12-19)18(22)20-10-3-4-11-20/h5-9,14H,3-4,10-11H2,1-2H3/b9-8+/t14-/m0/s1. The lowest BCUT2D eigenvalue weighted by molar-refractivity contribution is -0.136. The number of likely N-dealkylation sites (tertiary alicyclic amines) is 1. The molecule has 24 heavy (non-hydrogen) atoms. The van der Waals surface area contributed by atoms with E-state index in [2.05, 4.69) is 0 Å². The van der Waals surface area contributed by atoms with Crippen molar-refractivity contribution in [1.29, 1.82) is 5.26 Å². The third kappa shape index (κ3) is 3.74. The van der Waals surface area contributed by atoms with Crippen molar-refractivity contribution in [2.75, 3.05) is 27.3 Å². The van der Waals surface area contributed by atoms with Gasteiger partial charge in [-0.15, -0.1) is 0 Å². The lowest BCUT2D eigenvalue weighted by atomic mass is 10.0. The molecule has 1 aliphatic heterocycles. The number of para-hydroxylation sites is 1. The molecule has 126 valence electrons. The number of nitrogens with zero attached hydrogens (tertiary/aromatic N) is 2. The summed E-state index contributed by atoms with van der Waals surface area (Å²) in [5, 5.41) is 9.21. The highest BCUT2D eigenvalue weighted by molar-refractivity contribution is 6.10. The van der Waals surface area contributed by atoms with Gasteiger partial charge >= 0.3 is 0 Å². The van der Waals surface area contributed by atoms with Gasteiger partial charge in [0, 0.05) is 18.7 Å². The van der Waals surface area contributed by atoms with Crippen molar-refractivity contribution in [3.05, 3.63) is 29.8 Å². The van der Waals surface area contributed by atoms with Gasteiger partial charge < -0.3 is 14.4 Å². The molecule has 0 radical (unpaired) electrons. The summed E-state index contributed by atoms with van der Waals surface area (Å²) in [6.07, 6.45) is 4.61. The molecule has 6 nitrogen and oxygen atoms in total. The lowest BCUT2D eigenvalue weighted by Crippen LogP contribution is -2.36. The molecule has 0 bridgehead atoms. The number of amides is 1. The molecule has 1 saturated heterocycles. The van der Waals surface area contributed by atoms with Gasteiger partial charge in [-0.05, 0) is 31.1 Å². The summed E-state index contributed by atoms with van der Waals surface area (Å²) < 4.78 is 10.5. The van der Waals surface area contributed by atoms with Crippen LogP contribution in [0, 0.1) is 17.2 Å². The molecule has 0 saturated carbocycles. The molecule has 6 heteroatoms. The van der Waals surface area contributed by atoms with E-state index >= 15 is 0 Å². The third-order valence-electron chi connectivity index (χ3n) is 3.94. The zero-order chi connectivity index (χ0) is 17.5. The average Bonchev–Trinajstić information content (AvgIpc) is 3.14. The second-order valence-electron chi connectivity index (χ2n) is 5.41. The van der Waals surface area contributed by atoms with Gasteiger partial charge in [0.05, 0.1) is 20.3 Å². The predicted octanol–water partition coefficient (Wildman–Crippen LogP) is 2.05. The van der Waals surface area contributed by atoms with Crippen LogP contribution in [-0.4, -0.2) is 43.9 Å². The van der Waals surface area contributed by atoms with Crippen LogP contribution in [0.25, 0.3) is 6.08 Å². The largest absolute Gasteiger partial charge is 0.493 e. The van der Waals surface area contributed by atoms with E-state index in [-0.39, 0.29) is 0 Å². The Morgan fingerprint density at radius 2 is 1.96 bits per heavy atom. The molecule has 0 aromatic heterocycles. The molecule has 1 fully saturated rings. The summed E-state index contributed by atoms with van der Waals surface area (Å²) in [5.41, 5.74) is 0.635. The molecular formula is C18H20N2O4. The summed E-state index contributed by atoms with van der Waals surface area (Å²) in [5.74, 6) is -1.21. The lowest BCUT2D eigenvalue weighted by Gasteiger charge is -2.17. The first-order valence-corrected chi connectivity index (χ1v) is 7.73. The van der Waals surface area contributed by atoms with E-state index in [1.54, 1.807) is 23.1 Å². The van der Waals surface area contributed by atoms with Gasteiger partial charge in [-0.3, -0.25) is 9.59 Å². The summed E-state index contributed by atoms with van der Waals surface area (Å²) in [7, 11) is 3.03. The van der Waals surface area contributed by atoms with Crippen LogP contribution in [0.3, 0.4) is 0 Å². The van der Waals surface area contributed by atoms with Gasteiger partial charge in [-0.25, -0.2) is 0 Å². The second kappa shape index (κ2) is 8.16. The van der Waals surface area contributed by atoms with Crippen LogP contribution in [0.4, 0.5) is 0 Å². The van der Waals surface area contributed by atoms with Crippen molar-refractivity contribution in [3.8, 4) is 17.6 Å². The highest BCUT2D eigenvalue weighted by Crippen LogP contribution is 2.31. The Morgan fingerprint density at radius 1 is 1.25 bits per heavy atom. The maximum Gasteiger partial charge on any atom is 0.247 e. The molecule has 2 rings (SSSR count).